The van der Waals surface area contributed by atoms with Gasteiger partial charge >= 0.3 is 5.97 Å². The quantitative estimate of drug-likeness (QED) is 0.701. The predicted molar refractivity (Wildman–Crippen MR) is 51.7 cm³/mol. The zero-order valence-electron chi connectivity index (χ0n) is 8.50. The highest BCUT2D eigenvalue weighted by Crippen LogP contribution is 2.48. The summed E-state index contributed by atoms with van der Waals surface area (Å²) >= 11 is 0. The van der Waals surface area contributed by atoms with E-state index in [-0.39, 0.29) is 24.1 Å². The first-order valence-electron chi connectivity index (χ1n) is 5.59. The van der Waals surface area contributed by atoms with Crippen LogP contribution < -0.4 is 0 Å². The number of carbonyl (C=O) groups is 1. The van der Waals surface area contributed by atoms with Crippen LogP contribution in [0.1, 0.15) is 44.9 Å². The largest absolute Gasteiger partial charge is 0.462 e. The minimum absolute atomic E-state index is 0.0259. The Labute approximate surface area is 84.4 Å². The summed E-state index contributed by atoms with van der Waals surface area (Å²) in [4.78, 5) is 11.7. The molecule has 1 atom stereocenters. The lowest BCUT2D eigenvalue weighted by Gasteiger charge is -2.15. The Morgan fingerprint density at radius 2 is 2.14 bits per heavy atom. The van der Waals surface area contributed by atoms with Crippen LogP contribution in [0, 0.1) is 5.41 Å². The van der Waals surface area contributed by atoms with Crippen LogP contribution in [0.15, 0.2) is 0 Å². The second-order valence-corrected chi connectivity index (χ2v) is 4.58. The van der Waals surface area contributed by atoms with Crippen LogP contribution in [0.5, 0.6) is 0 Å². The Hall–Kier alpha value is -0.570. The molecule has 1 saturated carbocycles. The van der Waals surface area contributed by atoms with Gasteiger partial charge in [0.1, 0.15) is 6.10 Å². The first kappa shape index (κ1) is 9.97. The normalized spacial score (nSPS) is 29.8. The van der Waals surface area contributed by atoms with Crippen LogP contribution >= 0.6 is 0 Å². The molecule has 1 aliphatic heterocycles. The van der Waals surface area contributed by atoms with Crippen molar-refractivity contribution in [1.82, 2.24) is 0 Å². The van der Waals surface area contributed by atoms with Crippen molar-refractivity contribution in [3.63, 3.8) is 0 Å². The number of aliphatic hydroxyl groups is 1. The van der Waals surface area contributed by atoms with Crippen molar-refractivity contribution in [2.75, 3.05) is 6.61 Å². The van der Waals surface area contributed by atoms with Gasteiger partial charge in [0.25, 0.3) is 0 Å². The topological polar surface area (TPSA) is 46.5 Å². The summed E-state index contributed by atoms with van der Waals surface area (Å²) in [5.41, 5.74) is -0.125. The molecule has 80 valence electrons. The zero-order chi connectivity index (χ0) is 10.0. The van der Waals surface area contributed by atoms with Gasteiger partial charge in [-0.1, -0.05) is 12.8 Å². The molecule has 3 nitrogen and oxygen atoms in total. The van der Waals surface area contributed by atoms with Gasteiger partial charge in [-0.25, -0.2) is 0 Å². The fraction of sp³-hybridized carbons (Fsp3) is 0.909. The Morgan fingerprint density at radius 3 is 2.79 bits per heavy atom. The summed E-state index contributed by atoms with van der Waals surface area (Å²) in [6.45, 7) is 0.195. The average Bonchev–Trinajstić information content (AvgIpc) is 2.74. The molecule has 0 amide bonds. The molecule has 1 unspecified atom stereocenters. The van der Waals surface area contributed by atoms with Crippen LogP contribution in [0.25, 0.3) is 0 Å². The van der Waals surface area contributed by atoms with E-state index in [0.29, 0.717) is 0 Å². The van der Waals surface area contributed by atoms with Gasteiger partial charge in [-0.3, -0.25) is 4.79 Å². The average molecular weight is 198 g/mol. The maximum Gasteiger partial charge on any atom is 0.312 e. The number of aliphatic hydroxyl groups excluding tert-OH is 1. The van der Waals surface area contributed by atoms with Gasteiger partial charge in [-0.05, 0) is 25.7 Å². The third-order valence-electron chi connectivity index (χ3n) is 3.57. The number of ether oxygens (including phenoxy) is 1. The first-order chi connectivity index (χ1) is 6.77. The fourth-order valence-electron chi connectivity index (χ4n) is 2.78. The molecule has 0 aromatic heterocycles. The van der Waals surface area contributed by atoms with Crippen molar-refractivity contribution < 1.29 is 14.6 Å². The van der Waals surface area contributed by atoms with Crippen LogP contribution in [0.4, 0.5) is 0 Å². The Bertz CT molecular complexity index is 219. The van der Waals surface area contributed by atoms with Gasteiger partial charge in [-0.2, -0.15) is 0 Å². The molecule has 0 aromatic carbocycles. The smallest absolute Gasteiger partial charge is 0.312 e. The van der Waals surface area contributed by atoms with E-state index < -0.39 is 0 Å². The maximum absolute atomic E-state index is 11.7. The predicted octanol–water partition coefficient (Wildman–Crippen LogP) is 1.63. The molecule has 3 heteroatoms. The molecule has 2 fully saturated rings. The van der Waals surface area contributed by atoms with Gasteiger partial charge < -0.3 is 9.84 Å². The molecule has 2 aliphatic rings. The maximum atomic E-state index is 11.7. The number of cyclic esters (lactones) is 1. The fourth-order valence-corrected chi connectivity index (χ4v) is 2.78. The number of carbonyl (C=O) groups excluding carboxylic acids is 1. The highest BCUT2D eigenvalue weighted by Gasteiger charge is 2.49. The third-order valence-corrected chi connectivity index (χ3v) is 3.57. The van der Waals surface area contributed by atoms with Crippen LogP contribution in [0.3, 0.4) is 0 Å². The number of hydrogen-bond acceptors (Lipinski definition) is 3. The van der Waals surface area contributed by atoms with Gasteiger partial charge in [0.05, 0.1) is 5.41 Å². The molecular weight excluding hydrogens is 180 g/mol. The van der Waals surface area contributed by atoms with Gasteiger partial charge in [0.2, 0.25) is 0 Å². The van der Waals surface area contributed by atoms with E-state index in [2.05, 4.69) is 0 Å². The summed E-state index contributed by atoms with van der Waals surface area (Å²) < 4.78 is 5.35. The number of esters is 1. The molecule has 0 bridgehead atoms. The molecule has 1 spiro atoms. The minimum atomic E-state index is -0.125. The van der Waals surface area contributed by atoms with Crippen molar-refractivity contribution in [3.05, 3.63) is 0 Å². The first-order valence-corrected chi connectivity index (χ1v) is 5.59. The second kappa shape index (κ2) is 3.89. The Balaban J connectivity index is 1.93. The molecule has 1 aliphatic carbocycles. The summed E-state index contributed by atoms with van der Waals surface area (Å²) in [5.74, 6) is 0.0259. The van der Waals surface area contributed by atoms with Gasteiger partial charge in [0.15, 0.2) is 0 Å². The molecule has 1 heterocycles. The highest BCUT2D eigenvalue weighted by molar-refractivity contribution is 5.79. The summed E-state index contributed by atoms with van der Waals surface area (Å²) in [5, 5.41) is 8.71. The molecule has 2 rings (SSSR count). The Kier molecular flexibility index (Phi) is 2.77. The second-order valence-electron chi connectivity index (χ2n) is 4.58. The van der Waals surface area contributed by atoms with E-state index in [1.54, 1.807) is 0 Å². The lowest BCUT2D eigenvalue weighted by atomic mass is 9.82. The lowest BCUT2D eigenvalue weighted by molar-refractivity contribution is -0.148. The van der Waals surface area contributed by atoms with Crippen molar-refractivity contribution >= 4 is 5.97 Å². The van der Waals surface area contributed by atoms with Gasteiger partial charge in [-0.15, -0.1) is 0 Å². The molecule has 1 N–H and O–H groups in total. The van der Waals surface area contributed by atoms with E-state index in [1.165, 1.54) is 12.8 Å². The molecule has 1 saturated heterocycles. The van der Waals surface area contributed by atoms with E-state index in [1.807, 2.05) is 0 Å². The molecular formula is C11H18O3. The monoisotopic (exact) mass is 198 g/mol. The van der Waals surface area contributed by atoms with Crippen molar-refractivity contribution in [2.45, 2.75) is 51.0 Å². The molecule has 14 heavy (non-hydrogen) atoms. The van der Waals surface area contributed by atoms with E-state index in [9.17, 15) is 4.79 Å². The minimum Gasteiger partial charge on any atom is -0.462 e. The van der Waals surface area contributed by atoms with E-state index >= 15 is 0 Å². The van der Waals surface area contributed by atoms with E-state index in [4.69, 9.17) is 9.84 Å². The number of rotatable bonds is 3. The molecule has 0 aromatic rings. The zero-order valence-corrected chi connectivity index (χ0v) is 8.50. The summed E-state index contributed by atoms with van der Waals surface area (Å²) in [6, 6.07) is 0. The van der Waals surface area contributed by atoms with Crippen LogP contribution in [-0.4, -0.2) is 23.8 Å². The van der Waals surface area contributed by atoms with Crippen LogP contribution in [0.2, 0.25) is 0 Å². The van der Waals surface area contributed by atoms with Crippen molar-refractivity contribution in [1.29, 1.82) is 0 Å². The lowest BCUT2D eigenvalue weighted by Crippen LogP contribution is -2.21. The molecule has 0 radical (unpaired) electrons. The summed E-state index contributed by atoms with van der Waals surface area (Å²) in [7, 11) is 0. The third kappa shape index (κ3) is 1.65. The summed E-state index contributed by atoms with van der Waals surface area (Å²) in [6.07, 6.45) is 6.91. The van der Waals surface area contributed by atoms with Gasteiger partial charge in [0, 0.05) is 13.0 Å². The van der Waals surface area contributed by atoms with Crippen molar-refractivity contribution in [2.24, 2.45) is 5.41 Å². The Morgan fingerprint density at radius 1 is 1.43 bits per heavy atom. The standard InChI is InChI=1S/C11H18O3/c12-7-3-4-9-8-11(10(13)14-9)5-1-2-6-11/h9,12H,1-8H2. The van der Waals surface area contributed by atoms with E-state index in [0.717, 1.165) is 32.1 Å². The number of hydrogen-bond donors (Lipinski definition) is 1. The SMILES string of the molecule is O=C1OC(CCCO)CC12CCCC2. The highest BCUT2D eigenvalue weighted by atomic mass is 16.6. The van der Waals surface area contributed by atoms with Crippen molar-refractivity contribution in [3.8, 4) is 0 Å². The van der Waals surface area contributed by atoms with Crippen LogP contribution in [-0.2, 0) is 9.53 Å².